The molecule has 3 rings (SSSR count). The van der Waals surface area contributed by atoms with E-state index in [9.17, 15) is 18.0 Å². The van der Waals surface area contributed by atoms with E-state index >= 15 is 0 Å². The molecule has 0 spiro atoms. The summed E-state index contributed by atoms with van der Waals surface area (Å²) in [6.45, 7) is 7.87. The van der Waals surface area contributed by atoms with Crippen LogP contribution in [-0.4, -0.2) is 23.6 Å². The van der Waals surface area contributed by atoms with E-state index in [1.807, 2.05) is 28.8 Å². The Morgan fingerprint density at radius 2 is 1.68 bits per heavy atom. The van der Waals surface area contributed by atoms with Gasteiger partial charge in [-0.1, -0.05) is 24.3 Å². The molecule has 2 N–H and O–H groups in total. The van der Waals surface area contributed by atoms with Crippen LogP contribution in [0.4, 0.5) is 18.9 Å². The Bertz CT molecular complexity index is 1060. The van der Waals surface area contributed by atoms with Gasteiger partial charge in [0.25, 0.3) is 5.91 Å². The lowest BCUT2D eigenvalue weighted by Gasteiger charge is -2.21. The number of nitrogens with zero attached hydrogens (tertiary/aromatic N) is 2. The number of halogens is 3. The van der Waals surface area contributed by atoms with Crippen LogP contribution in [-0.2, 0) is 12.7 Å². The molecule has 0 aliphatic rings. The number of amides is 1. The fourth-order valence-corrected chi connectivity index (χ4v) is 3.80. The van der Waals surface area contributed by atoms with E-state index < -0.39 is 17.6 Å². The fraction of sp³-hybridized carbons (Fsp3) is 0.292. The first-order valence-corrected chi connectivity index (χ1v) is 10.2. The zero-order valence-electron chi connectivity index (χ0n) is 17.8. The summed E-state index contributed by atoms with van der Waals surface area (Å²) in [5, 5.41) is 0. The molecule has 2 aromatic carbocycles. The molecule has 164 valence electrons. The van der Waals surface area contributed by atoms with E-state index in [0.29, 0.717) is 16.8 Å². The second-order valence-corrected chi connectivity index (χ2v) is 7.40. The minimum Gasteiger partial charge on any atom is -0.372 e. The Morgan fingerprint density at radius 3 is 2.23 bits per heavy atom. The third-order valence-electron chi connectivity index (χ3n) is 5.52. The quantitative estimate of drug-likeness (QED) is 0.541. The molecule has 0 unspecified atom stereocenters. The highest BCUT2D eigenvalue weighted by Gasteiger charge is 2.30. The van der Waals surface area contributed by atoms with E-state index in [1.54, 1.807) is 19.1 Å². The van der Waals surface area contributed by atoms with Gasteiger partial charge in [-0.2, -0.15) is 13.2 Å². The maximum atomic E-state index is 13.1. The maximum Gasteiger partial charge on any atom is 0.416 e. The molecule has 31 heavy (non-hydrogen) atoms. The van der Waals surface area contributed by atoms with Gasteiger partial charge in [0.2, 0.25) is 0 Å². The molecular weight excluding hydrogens is 403 g/mol. The van der Waals surface area contributed by atoms with E-state index in [1.165, 1.54) is 6.07 Å². The second-order valence-electron chi connectivity index (χ2n) is 7.40. The van der Waals surface area contributed by atoms with Crippen LogP contribution in [0.5, 0.6) is 0 Å². The molecule has 7 heteroatoms. The number of alkyl halides is 3. The van der Waals surface area contributed by atoms with Crippen LogP contribution in [0.15, 0.2) is 54.6 Å². The Balaban J connectivity index is 2.04. The molecule has 3 aromatic rings. The monoisotopic (exact) mass is 429 g/mol. The van der Waals surface area contributed by atoms with Crippen LogP contribution >= 0.6 is 0 Å². The lowest BCUT2D eigenvalue weighted by molar-refractivity contribution is -0.137. The van der Waals surface area contributed by atoms with Gasteiger partial charge < -0.3 is 15.2 Å². The first-order valence-electron chi connectivity index (χ1n) is 10.2. The minimum atomic E-state index is -4.41. The fourth-order valence-electron chi connectivity index (χ4n) is 3.80. The lowest BCUT2D eigenvalue weighted by Crippen LogP contribution is -2.21. The number of benzene rings is 2. The van der Waals surface area contributed by atoms with Crippen molar-refractivity contribution in [1.29, 1.82) is 0 Å². The molecule has 0 fully saturated rings. The Kier molecular flexibility index (Phi) is 6.43. The number of aromatic nitrogens is 1. The van der Waals surface area contributed by atoms with Crippen molar-refractivity contribution in [1.82, 2.24) is 4.57 Å². The summed E-state index contributed by atoms with van der Waals surface area (Å²) in [6.07, 6.45) is -4.41. The number of nitrogens with two attached hydrogens (primary N) is 1. The summed E-state index contributed by atoms with van der Waals surface area (Å²) in [5.74, 6) is -0.568. The minimum absolute atomic E-state index is 0.191. The highest BCUT2D eigenvalue weighted by molar-refractivity contribution is 5.95. The van der Waals surface area contributed by atoms with Crippen LogP contribution in [0, 0.1) is 6.92 Å². The molecule has 0 saturated heterocycles. The molecule has 1 amide bonds. The zero-order chi connectivity index (χ0) is 22.8. The average molecular weight is 429 g/mol. The summed E-state index contributed by atoms with van der Waals surface area (Å²) >= 11 is 0. The van der Waals surface area contributed by atoms with Crippen molar-refractivity contribution in [3.63, 3.8) is 0 Å². The van der Waals surface area contributed by atoms with Gasteiger partial charge in [0, 0.05) is 36.7 Å². The predicted octanol–water partition coefficient (Wildman–Crippen LogP) is 5.48. The third kappa shape index (κ3) is 4.76. The highest BCUT2D eigenvalue weighted by atomic mass is 19.4. The standard InChI is InChI=1S/C24H26F3N3O/c1-4-29(5-2)20-11-9-18(10-12-20)22-14-21(23(28)31)16(3)30(22)15-17-7-6-8-19(13-17)24(25,26)27/h6-14H,4-5,15H2,1-3H3,(H2,28,31). The van der Waals surface area contributed by atoms with Crippen molar-refractivity contribution in [2.45, 2.75) is 33.5 Å². The van der Waals surface area contributed by atoms with Crippen molar-refractivity contribution in [3.05, 3.63) is 77.0 Å². The molecule has 0 radical (unpaired) electrons. The number of primary amides is 1. The molecule has 0 aliphatic carbocycles. The number of carbonyl (C=O) groups is 1. The van der Waals surface area contributed by atoms with Gasteiger partial charge in [0.15, 0.2) is 0 Å². The summed E-state index contributed by atoms with van der Waals surface area (Å²) in [7, 11) is 0. The Labute approximate surface area is 180 Å². The Morgan fingerprint density at radius 1 is 1.03 bits per heavy atom. The molecule has 1 aromatic heterocycles. The SMILES string of the molecule is CCN(CC)c1ccc(-c2cc(C(N)=O)c(C)n2Cc2cccc(C(F)(F)F)c2)cc1. The first kappa shape index (κ1) is 22.5. The lowest BCUT2D eigenvalue weighted by atomic mass is 10.1. The van der Waals surface area contributed by atoms with Crippen molar-refractivity contribution in [2.24, 2.45) is 5.73 Å². The number of rotatable bonds is 7. The molecule has 4 nitrogen and oxygen atoms in total. The van der Waals surface area contributed by atoms with Gasteiger partial charge in [0.1, 0.15) is 0 Å². The van der Waals surface area contributed by atoms with Gasteiger partial charge >= 0.3 is 6.18 Å². The van der Waals surface area contributed by atoms with E-state index in [2.05, 4.69) is 18.7 Å². The number of hydrogen-bond acceptors (Lipinski definition) is 2. The maximum absolute atomic E-state index is 13.1. The highest BCUT2D eigenvalue weighted by Crippen LogP contribution is 2.32. The van der Waals surface area contributed by atoms with Gasteiger partial charge in [-0.3, -0.25) is 4.79 Å². The number of carbonyl (C=O) groups excluding carboxylic acids is 1. The number of hydrogen-bond donors (Lipinski definition) is 1. The normalized spacial score (nSPS) is 11.5. The van der Waals surface area contributed by atoms with Crippen molar-refractivity contribution in [2.75, 3.05) is 18.0 Å². The van der Waals surface area contributed by atoms with Crippen LogP contribution < -0.4 is 10.6 Å². The van der Waals surface area contributed by atoms with Crippen LogP contribution in [0.2, 0.25) is 0 Å². The van der Waals surface area contributed by atoms with Gasteiger partial charge in [-0.05, 0) is 62.2 Å². The number of anilines is 1. The molecule has 0 saturated carbocycles. The van der Waals surface area contributed by atoms with Gasteiger partial charge in [-0.25, -0.2) is 0 Å². The van der Waals surface area contributed by atoms with Crippen molar-refractivity contribution < 1.29 is 18.0 Å². The van der Waals surface area contributed by atoms with Crippen molar-refractivity contribution in [3.8, 4) is 11.3 Å². The molecule has 0 atom stereocenters. The van der Waals surface area contributed by atoms with Gasteiger partial charge in [-0.15, -0.1) is 0 Å². The largest absolute Gasteiger partial charge is 0.416 e. The first-order chi connectivity index (χ1) is 14.7. The second kappa shape index (κ2) is 8.88. The smallest absolute Gasteiger partial charge is 0.372 e. The Hall–Kier alpha value is -3.22. The zero-order valence-corrected chi connectivity index (χ0v) is 17.8. The van der Waals surface area contributed by atoms with E-state index in [0.717, 1.165) is 42.2 Å². The molecule has 0 bridgehead atoms. The van der Waals surface area contributed by atoms with Gasteiger partial charge in [0.05, 0.1) is 11.1 Å². The summed E-state index contributed by atoms with van der Waals surface area (Å²) in [4.78, 5) is 14.1. The van der Waals surface area contributed by atoms with Crippen LogP contribution in [0.3, 0.4) is 0 Å². The van der Waals surface area contributed by atoms with E-state index in [-0.39, 0.29) is 6.54 Å². The molecule has 0 aliphatic heterocycles. The van der Waals surface area contributed by atoms with Crippen LogP contribution in [0.1, 0.15) is 41.0 Å². The molecule has 1 heterocycles. The van der Waals surface area contributed by atoms with Crippen molar-refractivity contribution >= 4 is 11.6 Å². The summed E-state index contributed by atoms with van der Waals surface area (Å²) < 4.78 is 41.2. The van der Waals surface area contributed by atoms with Crippen LogP contribution in [0.25, 0.3) is 11.3 Å². The van der Waals surface area contributed by atoms with E-state index in [4.69, 9.17) is 5.73 Å². The summed E-state index contributed by atoms with van der Waals surface area (Å²) in [5.41, 5.74) is 8.98. The molecular formula is C24H26F3N3O. The topological polar surface area (TPSA) is 51.3 Å². The summed E-state index contributed by atoms with van der Waals surface area (Å²) in [6, 6.07) is 14.8. The third-order valence-corrected chi connectivity index (χ3v) is 5.52. The average Bonchev–Trinajstić information content (AvgIpc) is 3.05. The predicted molar refractivity (Wildman–Crippen MR) is 117 cm³/mol.